The highest BCUT2D eigenvalue weighted by atomic mass is 35.5. The molecule has 0 aliphatic heterocycles. The monoisotopic (exact) mass is 218 g/mol. The van der Waals surface area contributed by atoms with E-state index >= 15 is 0 Å². The van der Waals surface area contributed by atoms with Crippen LogP contribution in [0, 0.1) is 0 Å². The van der Waals surface area contributed by atoms with Gasteiger partial charge in [-0.1, -0.05) is 41.9 Å². The standard InChI is InChI=1S/C12H11ClN2/c13-12-11(8-14)10(6-7-15-12)9-4-2-1-3-5-9/h1-7H,8,14H2. The second kappa shape index (κ2) is 4.43. The Kier molecular flexibility index (Phi) is 2.99. The van der Waals surface area contributed by atoms with Crippen molar-refractivity contribution in [3.05, 3.63) is 53.3 Å². The van der Waals surface area contributed by atoms with Crippen LogP contribution in [0.1, 0.15) is 5.56 Å². The van der Waals surface area contributed by atoms with Crippen molar-refractivity contribution in [3.8, 4) is 11.1 Å². The first-order chi connectivity index (χ1) is 7.33. The Bertz CT molecular complexity index is 454. The van der Waals surface area contributed by atoms with Gasteiger partial charge in [-0.25, -0.2) is 4.98 Å². The molecule has 3 heteroatoms. The number of hydrogen-bond donors (Lipinski definition) is 1. The van der Waals surface area contributed by atoms with Crippen molar-refractivity contribution in [2.24, 2.45) is 5.73 Å². The van der Waals surface area contributed by atoms with E-state index in [1.165, 1.54) is 0 Å². The highest BCUT2D eigenvalue weighted by Crippen LogP contribution is 2.26. The Balaban J connectivity index is 2.58. The molecule has 2 nitrogen and oxygen atoms in total. The summed E-state index contributed by atoms with van der Waals surface area (Å²) in [4.78, 5) is 4.02. The second-order valence-electron chi connectivity index (χ2n) is 3.20. The molecule has 0 spiro atoms. The Morgan fingerprint density at radius 1 is 1.13 bits per heavy atom. The first-order valence-corrected chi connectivity index (χ1v) is 5.09. The van der Waals surface area contributed by atoms with E-state index in [4.69, 9.17) is 17.3 Å². The number of pyridine rings is 1. The van der Waals surface area contributed by atoms with Crippen LogP contribution in [0.25, 0.3) is 11.1 Å². The molecule has 0 saturated carbocycles. The average Bonchev–Trinajstić information content (AvgIpc) is 2.30. The lowest BCUT2D eigenvalue weighted by molar-refractivity contribution is 1.05. The number of hydrogen-bond acceptors (Lipinski definition) is 2. The van der Waals surface area contributed by atoms with Crippen molar-refractivity contribution in [3.63, 3.8) is 0 Å². The third-order valence-corrected chi connectivity index (χ3v) is 2.62. The second-order valence-corrected chi connectivity index (χ2v) is 3.56. The molecule has 0 amide bonds. The van der Waals surface area contributed by atoms with Gasteiger partial charge in [0.15, 0.2) is 0 Å². The molecule has 2 N–H and O–H groups in total. The Labute approximate surface area is 93.7 Å². The Morgan fingerprint density at radius 3 is 2.53 bits per heavy atom. The van der Waals surface area contributed by atoms with E-state index in [-0.39, 0.29) is 0 Å². The minimum Gasteiger partial charge on any atom is -0.326 e. The van der Waals surface area contributed by atoms with Crippen LogP contribution in [0.3, 0.4) is 0 Å². The summed E-state index contributed by atoms with van der Waals surface area (Å²) < 4.78 is 0. The molecule has 15 heavy (non-hydrogen) atoms. The Morgan fingerprint density at radius 2 is 1.87 bits per heavy atom. The van der Waals surface area contributed by atoms with Gasteiger partial charge in [-0.2, -0.15) is 0 Å². The number of benzene rings is 1. The van der Waals surface area contributed by atoms with Gasteiger partial charge in [0, 0.05) is 18.3 Å². The predicted octanol–water partition coefficient (Wildman–Crippen LogP) is 2.86. The molecule has 0 fully saturated rings. The molecule has 76 valence electrons. The maximum Gasteiger partial charge on any atom is 0.134 e. The first kappa shape index (κ1) is 10.1. The molecule has 0 aliphatic carbocycles. The van der Waals surface area contributed by atoms with E-state index in [0.29, 0.717) is 11.7 Å². The summed E-state index contributed by atoms with van der Waals surface area (Å²) in [6, 6.07) is 12.0. The molecule has 0 bridgehead atoms. The fourth-order valence-electron chi connectivity index (χ4n) is 1.55. The maximum absolute atomic E-state index is 5.99. The largest absolute Gasteiger partial charge is 0.326 e. The molecule has 1 aromatic carbocycles. The van der Waals surface area contributed by atoms with Gasteiger partial charge in [-0.3, -0.25) is 0 Å². The fourth-order valence-corrected chi connectivity index (χ4v) is 1.78. The first-order valence-electron chi connectivity index (χ1n) is 4.72. The van der Waals surface area contributed by atoms with Crippen molar-refractivity contribution in [1.29, 1.82) is 0 Å². The number of rotatable bonds is 2. The van der Waals surface area contributed by atoms with Gasteiger partial charge >= 0.3 is 0 Å². The van der Waals surface area contributed by atoms with Crippen LogP contribution in [0.2, 0.25) is 5.15 Å². The third-order valence-electron chi connectivity index (χ3n) is 2.29. The number of halogens is 1. The smallest absolute Gasteiger partial charge is 0.134 e. The van der Waals surface area contributed by atoms with Gasteiger partial charge < -0.3 is 5.73 Å². The number of nitrogens with two attached hydrogens (primary N) is 1. The van der Waals surface area contributed by atoms with Crippen LogP contribution >= 0.6 is 11.6 Å². The van der Waals surface area contributed by atoms with Gasteiger partial charge in [-0.15, -0.1) is 0 Å². The van der Waals surface area contributed by atoms with Crippen LogP contribution in [-0.4, -0.2) is 4.98 Å². The lowest BCUT2D eigenvalue weighted by Gasteiger charge is -2.08. The summed E-state index contributed by atoms with van der Waals surface area (Å²) in [6.07, 6.45) is 1.70. The van der Waals surface area contributed by atoms with E-state index in [9.17, 15) is 0 Å². The summed E-state index contributed by atoms with van der Waals surface area (Å²) in [6.45, 7) is 0.400. The quantitative estimate of drug-likeness (QED) is 0.788. The molecule has 0 unspecified atom stereocenters. The van der Waals surface area contributed by atoms with Gasteiger partial charge in [0.1, 0.15) is 5.15 Å². The van der Waals surface area contributed by atoms with E-state index in [2.05, 4.69) is 4.98 Å². The van der Waals surface area contributed by atoms with Crippen molar-refractivity contribution in [1.82, 2.24) is 4.98 Å². The normalized spacial score (nSPS) is 10.3. The zero-order chi connectivity index (χ0) is 10.7. The van der Waals surface area contributed by atoms with E-state index in [1.807, 2.05) is 36.4 Å². The Hall–Kier alpha value is -1.38. The molecular formula is C12H11ClN2. The summed E-state index contributed by atoms with van der Waals surface area (Å²) in [5.41, 5.74) is 8.73. The SMILES string of the molecule is NCc1c(-c2ccccc2)ccnc1Cl. The fraction of sp³-hybridized carbons (Fsp3) is 0.0833. The molecule has 1 aromatic heterocycles. The van der Waals surface area contributed by atoms with Crippen molar-refractivity contribution >= 4 is 11.6 Å². The molecule has 0 radical (unpaired) electrons. The zero-order valence-corrected chi connectivity index (χ0v) is 8.91. The summed E-state index contributed by atoms with van der Waals surface area (Å²) in [5, 5.41) is 0.485. The minimum absolute atomic E-state index is 0.400. The van der Waals surface area contributed by atoms with Crippen LogP contribution in [0.5, 0.6) is 0 Å². The summed E-state index contributed by atoms with van der Waals surface area (Å²) in [7, 11) is 0. The lowest BCUT2D eigenvalue weighted by atomic mass is 10.0. The number of nitrogens with zero attached hydrogens (tertiary/aromatic N) is 1. The van der Waals surface area contributed by atoms with Gasteiger partial charge in [0.05, 0.1) is 0 Å². The summed E-state index contributed by atoms with van der Waals surface area (Å²) >= 11 is 5.99. The third kappa shape index (κ3) is 2.01. The van der Waals surface area contributed by atoms with Crippen LogP contribution in [0.4, 0.5) is 0 Å². The highest BCUT2D eigenvalue weighted by Gasteiger charge is 2.07. The maximum atomic E-state index is 5.99. The van der Waals surface area contributed by atoms with E-state index in [0.717, 1.165) is 16.7 Å². The predicted molar refractivity (Wildman–Crippen MR) is 62.6 cm³/mol. The van der Waals surface area contributed by atoms with Gasteiger partial charge in [0.25, 0.3) is 0 Å². The van der Waals surface area contributed by atoms with Crippen LogP contribution in [0.15, 0.2) is 42.6 Å². The zero-order valence-electron chi connectivity index (χ0n) is 8.15. The van der Waals surface area contributed by atoms with Crippen LogP contribution < -0.4 is 5.73 Å². The van der Waals surface area contributed by atoms with E-state index in [1.54, 1.807) is 6.20 Å². The van der Waals surface area contributed by atoms with Crippen molar-refractivity contribution < 1.29 is 0 Å². The molecule has 1 heterocycles. The molecular weight excluding hydrogens is 208 g/mol. The minimum atomic E-state index is 0.400. The van der Waals surface area contributed by atoms with E-state index < -0.39 is 0 Å². The van der Waals surface area contributed by atoms with Crippen molar-refractivity contribution in [2.75, 3.05) is 0 Å². The molecule has 2 rings (SSSR count). The highest BCUT2D eigenvalue weighted by molar-refractivity contribution is 6.30. The average molecular weight is 219 g/mol. The summed E-state index contributed by atoms with van der Waals surface area (Å²) in [5.74, 6) is 0. The van der Waals surface area contributed by atoms with Crippen molar-refractivity contribution in [2.45, 2.75) is 6.54 Å². The van der Waals surface area contributed by atoms with Gasteiger partial charge in [-0.05, 0) is 17.2 Å². The molecule has 0 saturated heterocycles. The molecule has 0 aliphatic rings. The topological polar surface area (TPSA) is 38.9 Å². The van der Waals surface area contributed by atoms with Crippen LogP contribution in [-0.2, 0) is 6.54 Å². The number of aromatic nitrogens is 1. The molecule has 0 atom stereocenters. The molecule has 2 aromatic rings. The lowest BCUT2D eigenvalue weighted by Crippen LogP contribution is -2.01. The van der Waals surface area contributed by atoms with Gasteiger partial charge in [0.2, 0.25) is 0 Å².